The molecular formula is C17H12ClN3O3S. The highest BCUT2D eigenvalue weighted by Crippen LogP contribution is 2.27. The van der Waals surface area contributed by atoms with Gasteiger partial charge in [0.25, 0.3) is 5.69 Å². The first-order valence-corrected chi connectivity index (χ1v) is 8.62. The number of para-hydroxylation sites is 1. The zero-order chi connectivity index (χ0) is 17.8. The summed E-state index contributed by atoms with van der Waals surface area (Å²) in [5, 5.41) is 15.2. The molecular weight excluding hydrogens is 362 g/mol. The third-order valence-electron chi connectivity index (χ3n) is 3.36. The maximum Gasteiger partial charge on any atom is 0.271 e. The number of nitro benzene ring substituents is 1. The molecule has 0 aliphatic heterocycles. The Morgan fingerprint density at radius 2 is 2.00 bits per heavy atom. The van der Waals surface area contributed by atoms with Gasteiger partial charge in [-0.1, -0.05) is 47.6 Å². The number of anilines is 1. The first-order chi connectivity index (χ1) is 12.0. The Balaban J connectivity index is 1.63. The highest BCUT2D eigenvalue weighted by atomic mass is 35.5. The molecule has 1 N–H and O–H groups in total. The SMILES string of the molecule is O=C(CSc1ccc2ccccc2n1)Nc1ccc([N+](=O)[O-])cc1Cl. The number of nitro groups is 1. The Hall–Kier alpha value is -2.64. The summed E-state index contributed by atoms with van der Waals surface area (Å²) in [6.07, 6.45) is 0. The van der Waals surface area contributed by atoms with Crippen molar-refractivity contribution in [3.8, 4) is 0 Å². The number of nitrogens with one attached hydrogen (secondary N) is 1. The van der Waals surface area contributed by atoms with Gasteiger partial charge in [0, 0.05) is 17.5 Å². The molecule has 0 saturated heterocycles. The largest absolute Gasteiger partial charge is 0.324 e. The molecule has 8 heteroatoms. The second kappa shape index (κ2) is 7.50. The molecule has 6 nitrogen and oxygen atoms in total. The minimum Gasteiger partial charge on any atom is -0.324 e. The summed E-state index contributed by atoms with van der Waals surface area (Å²) in [4.78, 5) is 26.7. The minimum atomic E-state index is -0.543. The lowest BCUT2D eigenvalue weighted by Crippen LogP contribution is -2.14. The normalized spacial score (nSPS) is 10.6. The van der Waals surface area contributed by atoms with E-state index in [1.54, 1.807) is 0 Å². The van der Waals surface area contributed by atoms with Crippen molar-refractivity contribution < 1.29 is 9.72 Å². The van der Waals surface area contributed by atoms with Crippen molar-refractivity contribution >= 4 is 51.5 Å². The van der Waals surface area contributed by atoms with Crippen LogP contribution in [0.2, 0.25) is 5.02 Å². The fraction of sp³-hybridized carbons (Fsp3) is 0.0588. The number of carbonyl (C=O) groups excluding carboxylic acids is 1. The van der Waals surface area contributed by atoms with Crippen LogP contribution in [0.25, 0.3) is 10.9 Å². The molecule has 126 valence electrons. The maximum atomic E-state index is 12.1. The second-order valence-electron chi connectivity index (χ2n) is 5.10. The van der Waals surface area contributed by atoms with Crippen LogP contribution in [-0.2, 0) is 4.79 Å². The van der Waals surface area contributed by atoms with Crippen LogP contribution >= 0.6 is 23.4 Å². The molecule has 0 bridgehead atoms. The molecule has 0 spiro atoms. The fourth-order valence-corrected chi connectivity index (χ4v) is 3.07. The zero-order valence-electron chi connectivity index (χ0n) is 12.8. The topological polar surface area (TPSA) is 85.1 Å². The molecule has 1 amide bonds. The maximum absolute atomic E-state index is 12.1. The molecule has 0 aliphatic rings. The number of amides is 1. The van der Waals surface area contributed by atoms with Crippen molar-refractivity contribution in [3.05, 3.63) is 69.7 Å². The Morgan fingerprint density at radius 3 is 2.76 bits per heavy atom. The summed E-state index contributed by atoms with van der Waals surface area (Å²) < 4.78 is 0. The predicted octanol–water partition coefficient (Wildman–Crippen LogP) is 4.53. The van der Waals surface area contributed by atoms with Crippen LogP contribution in [0.4, 0.5) is 11.4 Å². The number of hydrogen-bond donors (Lipinski definition) is 1. The van der Waals surface area contributed by atoms with E-state index < -0.39 is 4.92 Å². The van der Waals surface area contributed by atoms with Crippen molar-refractivity contribution in [2.45, 2.75) is 5.03 Å². The van der Waals surface area contributed by atoms with Crippen LogP contribution in [0.15, 0.2) is 59.6 Å². The van der Waals surface area contributed by atoms with Crippen LogP contribution in [0, 0.1) is 10.1 Å². The molecule has 1 aromatic heterocycles. The van der Waals surface area contributed by atoms with E-state index in [9.17, 15) is 14.9 Å². The predicted molar refractivity (Wildman–Crippen MR) is 99.2 cm³/mol. The first-order valence-electron chi connectivity index (χ1n) is 7.25. The van der Waals surface area contributed by atoms with Crippen LogP contribution < -0.4 is 5.32 Å². The van der Waals surface area contributed by atoms with Gasteiger partial charge in [0.05, 0.1) is 31.9 Å². The van der Waals surface area contributed by atoms with Crippen LogP contribution in [0.5, 0.6) is 0 Å². The van der Waals surface area contributed by atoms with E-state index >= 15 is 0 Å². The van der Waals surface area contributed by atoms with E-state index in [1.807, 2.05) is 36.4 Å². The van der Waals surface area contributed by atoms with Crippen LogP contribution in [0.1, 0.15) is 0 Å². The van der Waals surface area contributed by atoms with Gasteiger partial charge in [-0.25, -0.2) is 4.98 Å². The summed E-state index contributed by atoms with van der Waals surface area (Å²) in [6, 6.07) is 15.5. The van der Waals surface area contributed by atoms with Crippen molar-refractivity contribution in [1.82, 2.24) is 4.98 Å². The van der Waals surface area contributed by atoms with E-state index in [4.69, 9.17) is 11.6 Å². The molecule has 0 fully saturated rings. The summed E-state index contributed by atoms with van der Waals surface area (Å²) >= 11 is 7.26. The molecule has 0 unspecified atom stereocenters. The minimum absolute atomic E-state index is 0.122. The Labute approximate surface area is 152 Å². The van der Waals surface area contributed by atoms with E-state index in [0.717, 1.165) is 15.9 Å². The number of thioether (sulfide) groups is 1. The van der Waals surface area contributed by atoms with Crippen LogP contribution in [0.3, 0.4) is 0 Å². The number of benzene rings is 2. The van der Waals surface area contributed by atoms with Gasteiger partial charge in [-0.05, 0) is 18.2 Å². The smallest absolute Gasteiger partial charge is 0.271 e. The van der Waals surface area contributed by atoms with Crippen molar-refractivity contribution in [1.29, 1.82) is 0 Å². The van der Waals surface area contributed by atoms with Crippen molar-refractivity contribution in [2.75, 3.05) is 11.1 Å². The Bertz CT molecular complexity index is 965. The van der Waals surface area contributed by atoms with E-state index in [1.165, 1.54) is 30.0 Å². The monoisotopic (exact) mass is 373 g/mol. The first kappa shape index (κ1) is 17.2. The summed E-state index contributed by atoms with van der Waals surface area (Å²) in [5.41, 5.74) is 1.08. The van der Waals surface area contributed by atoms with Gasteiger partial charge >= 0.3 is 0 Å². The number of nitrogens with zero attached hydrogens (tertiary/aromatic N) is 2. The number of hydrogen-bond acceptors (Lipinski definition) is 5. The molecule has 0 aliphatic carbocycles. The van der Waals surface area contributed by atoms with Gasteiger partial charge in [-0.2, -0.15) is 0 Å². The average Bonchev–Trinajstić information content (AvgIpc) is 2.61. The molecule has 1 heterocycles. The molecule has 3 aromatic rings. The highest BCUT2D eigenvalue weighted by Gasteiger charge is 2.12. The van der Waals surface area contributed by atoms with Gasteiger partial charge in [-0.3, -0.25) is 14.9 Å². The highest BCUT2D eigenvalue weighted by molar-refractivity contribution is 7.99. The molecule has 0 radical (unpaired) electrons. The van der Waals surface area contributed by atoms with Gasteiger partial charge in [0.2, 0.25) is 5.91 Å². The molecule has 3 rings (SSSR count). The lowest BCUT2D eigenvalue weighted by atomic mass is 10.2. The van der Waals surface area contributed by atoms with E-state index in [2.05, 4.69) is 10.3 Å². The lowest BCUT2D eigenvalue weighted by Gasteiger charge is -2.07. The number of pyridine rings is 1. The Morgan fingerprint density at radius 1 is 1.20 bits per heavy atom. The molecule has 0 atom stereocenters. The van der Waals surface area contributed by atoms with Gasteiger partial charge in [-0.15, -0.1) is 0 Å². The molecule has 0 saturated carbocycles. The van der Waals surface area contributed by atoms with E-state index in [-0.39, 0.29) is 22.4 Å². The second-order valence-corrected chi connectivity index (χ2v) is 6.50. The summed E-state index contributed by atoms with van der Waals surface area (Å²) in [7, 11) is 0. The van der Waals surface area contributed by atoms with Crippen LogP contribution in [-0.4, -0.2) is 21.6 Å². The van der Waals surface area contributed by atoms with Gasteiger partial charge in [0.15, 0.2) is 0 Å². The number of rotatable bonds is 5. The lowest BCUT2D eigenvalue weighted by molar-refractivity contribution is -0.384. The fourth-order valence-electron chi connectivity index (χ4n) is 2.17. The van der Waals surface area contributed by atoms with E-state index in [0.29, 0.717) is 5.69 Å². The number of halogens is 1. The molecule has 2 aromatic carbocycles. The van der Waals surface area contributed by atoms with Gasteiger partial charge in [0.1, 0.15) is 0 Å². The summed E-state index contributed by atoms with van der Waals surface area (Å²) in [6.45, 7) is 0. The zero-order valence-corrected chi connectivity index (χ0v) is 14.4. The van der Waals surface area contributed by atoms with Crippen molar-refractivity contribution in [2.24, 2.45) is 0 Å². The van der Waals surface area contributed by atoms with Crippen molar-refractivity contribution in [3.63, 3.8) is 0 Å². The number of fused-ring (bicyclic) bond motifs is 1. The average molecular weight is 374 g/mol. The molecule has 25 heavy (non-hydrogen) atoms. The third kappa shape index (κ3) is 4.26. The quantitative estimate of drug-likeness (QED) is 0.403. The number of carbonyl (C=O) groups is 1. The number of non-ortho nitro benzene ring substituents is 1. The number of aromatic nitrogens is 1. The van der Waals surface area contributed by atoms with Gasteiger partial charge < -0.3 is 5.32 Å². The third-order valence-corrected chi connectivity index (χ3v) is 4.60. The summed E-state index contributed by atoms with van der Waals surface area (Å²) in [5.74, 6) is -0.116. The Kier molecular flexibility index (Phi) is 5.16. The standard InChI is InChI=1S/C17H12ClN3O3S/c18-13-9-12(21(23)24)6-7-15(13)19-16(22)10-25-17-8-5-11-3-1-2-4-14(11)20-17/h1-9H,10H2,(H,19,22).